The normalized spacial score (nSPS) is 41.4. The Hall–Kier alpha value is -1.86. The van der Waals surface area contributed by atoms with E-state index >= 15 is 0 Å². The molecule has 7 heteroatoms. The number of esters is 1. The number of nitrogens with one attached hydrogen (secondary N) is 2. The minimum absolute atomic E-state index is 0.00818. The van der Waals surface area contributed by atoms with E-state index in [-0.39, 0.29) is 40.8 Å². The van der Waals surface area contributed by atoms with Crippen LogP contribution in [0.3, 0.4) is 0 Å². The highest BCUT2D eigenvalue weighted by Crippen LogP contribution is 2.75. The molecule has 6 nitrogen and oxygen atoms in total. The Morgan fingerprint density at radius 3 is 2.61 bits per heavy atom. The lowest BCUT2D eigenvalue weighted by molar-refractivity contribution is -0.193. The maximum atomic E-state index is 13.3. The van der Waals surface area contributed by atoms with Gasteiger partial charge in [-0.1, -0.05) is 26.3 Å². The predicted molar refractivity (Wildman–Crippen MR) is 154 cm³/mol. The van der Waals surface area contributed by atoms with Crippen LogP contribution in [0.1, 0.15) is 79.1 Å². The van der Waals surface area contributed by atoms with Crippen LogP contribution in [0.25, 0.3) is 0 Å². The zero-order valence-corrected chi connectivity index (χ0v) is 24.6. The molecule has 8 atom stereocenters. The fourth-order valence-corrected chi connectivity index (χ4v) is 10.4. The Bertz CT molecular complexity index is 1080. The molecule has 5 rings (SSSR count). The molecule has 0 aromatic heterocycles. The minimum Gasteiger partial charge on any atom is -0.497 e. The third-order valence-corrected chi connectivity index (χ3v) is 11.8. The standard InChI is InChI=1S/C31H46N2O4S/c1-6-37-26(35)30(4)14-8-13-29(3)23(30)12-16-31-19-28(2,15-11-24(29)31)25(22(31)18-34)33-27(38)32-20-9-7-10-21(17-20)36-5/h7,9-10,17,22-25,34H,6,8,11-16,18-19H2,1-5H3,(H2,32,33,38)/t22-,23+,24+,25-,28+,29-,30-,31-/m1/s1. The van der Waals surface area contributed by atoms with Crippen LogP contribution in [0.15, 0.2) is 24.3 Å². The molecule has 0 saturated heterocycles. The van der Waals surface area contributed by atoms with Crippen LogP contribution in [0, 0.1) is 39.4 Å². The summed E-state index contributed by atoms with van der Waals surface area (Å²) < 4.78 is 11.0. The Balaban J connectivity index is 1.42. The average Bonchev–Trinajstić information content (AvgIpc) is 3.04. The Labute approximate surface area is 233 Å². The molecule has 0 radical (unpaired) electrons. The van der Waals surface area contributed by atoms with Crippen molar-refractivity contribution in [3.05, 3.63) is 24.3 Å². The maximum absolute atomic E-state index is 13.3. The molecule has 0 unspecified atom stereocenters. The number of ether oxygens (including phenoxy) is 2. The summed E-state index contributed by atoms with van der Waals surface area (Å²) in [5.74, 6) is 1.71. The zero-order valence-electron chi connectivity index (χ0n) is 23.8. The predicted octanol–water partition coefficient (Wildman–Crippen LogP) is 5.93. The van der Waals surface area contributed by atoms with E-state index in [4.69, 9.17) is 21.7 Å². The molecule has 1 aromatic rings. The zero-order chi connectivity index (χ0) is 27.3. The summed E-state index contributed by atoms with van der Waals surface area (Å²) in [7, 11) is 1.66. The molecule has 2 bridgehead atoms. The number of methoxy groups -OCH3 is 1. The van der Waals surface area contributed by atoms with E-state index in [0.29, 0.717) is 23.6 Å². The molecule has 3 N–H and O–H groups in total. The fourth-order valence-electron chi connectivity index (χ4n) is 10.1. The lowest BCUT2D eigenvalue weighted by Crippen LogP contribution is -2.60. The molecular formula is C31H46N2O4S. The molecule has 0 heterocycles. The number of aliphatic hydroxyl groups excluding tert-OH is 1. The Kier molecular flexibility index (Phi) is 7.26. The first-order valence-electron chi connectivity index (χ1n) is 14.6. The first kappa shape index (κ1) is 27.7. The molecule has 4 aliphatic rings. The first-order valence-corrected chi connectivity index (χ1v) is 15.0. The van der Waals surface area contributed by atoms with E-state index in [2.05, 4.69) is 31.4 Å². The summed E-state index contributed by atoms with van der Waals surface area (Å²) in [5.41, 5.74) is 0.660. The van der Waals surface area contributed by atoms with Crippen molar-refractivity contribution in [2.24, 2.45) is 39.4 Å². The van der Waals surface area contributed by atoms with Gasteiger partial charge in [0.1, 0.15) is 5.75 Å². The van der Waals surface area contributed by atoms with Gasteiger partial charge in [-0.25, -0.2) is 0 Å². The Morgan fingerprint density at radius 2 is 1.89 bits per heavy atom. The summed E-state index contributed by atoms with van der Waals surface area (Å²) in [5, 5.41) is 18.6. The van der Waals surface area contributed by atoms with E-state index in [1.807, 2.05) is 31.2 Å². The molecule has 1 aromatic carbocycles. The van der Waals surface area contributed by atoms with Crippen molar-refractivity contribution in [2.45, 2.75) is 85.1 Å². The van der Waals surface area contributed by atoms with Crippen LogP contribution >= 0.6 is 12.2 Å². The second-order valence-electron chi connectivity index (χ2n) is 13.3. The monoisotopic (exact) mass is 542 g/mol. The fraction of sp³-hybridized carbons (Fsp3) is 0.742. The van der Waals surface area contributed by atoms with Gasteiger partial charge < -0.3 is 25.2 Å². The first-order chi connectivity index (χ1) is 18.1. The van der Waals surface area contributed by atoms with Gasteiger partial charge in [-0.2, -0.15) is 0 Å². The van der Waals surface area contributed by atoms with Gasteiger partial charge >= 0.3 is 5.97 Å². The van der Waals surface area contributed by atoms with E-state index in [1.54, 1.807) is 7.11 Å². The summed E-state index contributed by atoms with van der Waals surface area (Å²) >= 11 is 5.81. The number of hydrogen-bond donors (Lipinski definition) is 3. The maximum Gasteiger partial charge on any atom is 0.312 e. The van der Waals surface area contributed by atoms with E-state index in [1.165, 1.54) is 0 Å². The summed E-state index contributed by atoms with van der Waals surface area (Å²) in [6.07, 6.45) is 8.57. The second-order valence-corrected chi connectivity index (χ2v) is 13.7. The van der Waals surface area contributed by atoms with Crippen molar-refractivity contribution < 1.29 is 19.4 Å². The van der Waals surface area contributed by atoms with Crippen LogP contribution in [0.2, 0.25) is 0 Å². The van der Waals surface area contributed by atoms with Crippen LogP contribution in [-0.4, -0.2) is 42.6 Å². The molecular weight excluding hydrogens is 496 g/mol. The third kappa shape index (κ3) is 4.14. The van der Waals surface area contributed by atoms with Gasteiger partial charge in [0.05, 0.1) is 19.1 Å². The van der Waals surface area contributed by atoms with Crippen molar-refractivity contribution in [1.29, 1.82) is 0 Å². The average molecular weight is 543 g/mol. The number of benzene rings is 1. The summed E-state index contributed by atoms with van der Waals surface area (Å²) in [4.78, 5) is 13.3. The van der Waals surface area contributed by atoms with Crippen molar-refractivity contribution >= 4 is 29.0 Å². The topological polar surface area (TPSA) is 79.8 Å². The number of hydrogen-bond acceptors (Lipinski definition) is 5. The summed E-state index contributed by atoms with van der Waals surface area (Å²) in [6, 6.07) is 7.88. The largest absolute Gasteiger partial charge is 0.497 e. The molecule has 38 heavy (non-hydrogen) atoms. The number of rotatable bonds is 6. The van der Waals surface area contributed by atoms with Gasteiger partial charge in [-0.05, 0) is 111 Å². The number of carbonyl (C=O) groups excluding carboxylic acids is 1. The van der Waals surface area contributed by atoms with E-state index < -0.39 is 5.41 Å². The van der Waals surface area contributed by atoms with Crippen molar-refractivity contribution in [1.82, 2.24) is 5.32 Å². The van der Waals surface area contributed by atoms with Crippen LogP contribution in [0.5, 0.6) is 5.75 Å². The van der Waals surface area contributed by atoms with E-state index in [9.17, 15) is 9.90 Å². The molecule has 1 spiro atoms. The number of thiocarbonyl (C=S) groups is 1. The minimum atomic E-state index is -0.418. The van der Waals surface area contributed by atoms with Gasteiger partial charge in [0.15, 0.2) is 5.11 Å². The van der Waals surface area contributed by atoms with Gasteiger partial charge in [0.25, 0.3) is 0 Å². The van der Waals surface area contributed by atoms with Crippen LogP contribution in [0.4, 0.5) is 5.69 Å². The van der Waals surface area contributed by atoms with Crippen molar-refractivity contribution in [3.63, 3.8) is 0 Å². The van der Waals surface area contributed by atoms with Gasteiger partial charge in [-0.15, -0.1) is 0 Å². The van der Waals surface area contributed by atoms with E-state index in [0.717, 1.165) is 62.8 Å². The number of aliphatic hydroxyl groups is 1. The second kappa shape index (κ2) is 9.96. The Morgan fingerprint density at radius 1 is 1.13 bits per heavy atom. The van der Waals surface area contributed by atoms with Crippen LogP contribution < -0.4 is 15.4 Å². The van der Waals surface area contributed by atoms with Gasteiger partial charge in [-0.3, -0.25) is 4.79 Å². The molecule has 4 saturated carbocycles. The number of anilines is 1. The van der Waals surface area contributed by atoms with Crippen molar-refractivity contribution in [3.8, 4) is 5.75 Å². The number of fused-ring (bicyclic) bond motifs is 3. The van der Waals surface area contributed by atoms with Gasteiger partial charge in [0.2, 0.25) is 0 Å². The van der Waals surface area contributed by atoms with Crippen LogP contribution in [-0.2, 0) is 9.53 Å². The molecule has 0 amide bonds. The van der Waals surface area contributed by atoms with Gasteiger partial charge in [0, 0.05) is 30.3 Å². The van der Waals surface area contributed by atoms with Crippen molar-refractivity contribution in [2.75, 3.05) is 25.6 Å². The quantitative estimate of drug-likeness (QED) is 0.303. The molecule has 0 aliphatic heterocycles. The molecule has 210 valence electrons. The highest BCUT2D eigenvalue weighted by molar-refractivity contribution is 7.80. The lowest BCUT2D eigenvalue weighted by atomic mass is 9.39. The smallest absolute Gasteiger partial charge is 0.312 e. The molecule has 4 aliphatic carbocycles. The highest BCUT2D eigenvalue weighted by Gasteiger charge is 2.71. The molecule has 4 fully saturated rings. The third-order valence-electron chi connectivity index (χ3n) is 11.5. The summed E-state index contributed by atoms with van der Waals surface area (Å²) in [6.45, 7) is 9.53. The SMILES string of the molecule is CCOC(=O)[C@]1(C)CCC[C@@]2(C)[C@@H]3CC[C@@]4(C)C[C@]3(CC[C@@H]21)[C@H](CO)[C@H]4NC(=S)Nc1cccc(OC)c1. The highest BCUT2D eigenvalue weighted by atomic mass is 32.1. The number of carbonyl (C=O) groups is 1. The lowest BCUT2D eigenvalue weighted by Gasteiger charge is -2.65.